The molecule has 0 aromatic heterocycles. The van der Waals surface area contributed by atoms with Crippen molar-refractivity contribution in [2.75, 3.05) is 5.32 Å². The number of benzene rings is 2. The van der Waals surface area contributed by atoms with Crippen LogP contribution in [0.25, 0.3) is 6.08 Å². The third-order valence-corrected chi connectivity index (χ3v) is 3.84. The van der Waals surface area contributed by atoms with E-state index in [0.29, 0.717) is 5.69 Å². The van der Waals surface area contributed by atoms with Crippen molar-refractivity contribution < 1.29 is 14.7 Å². The number of carbonyl (C=O) groups excluding carboxylic acids is 1. The Morgan fingerprint density at radius 1 is 1.04 bits per heavy atom. The van der Waals surface area contributed by atoms with E-state index in [1.54, 1.807) is 0 Å². The third kappa shape index (κ3) is 4.81. The van der Waals surface area contributed by atoms with E-state index >= 15 is 0 Å². The lowest BCUT2D eigenvalue weighted by molar-refractivity contribution is -0.112. The Hall–Kier alpha value is -3.39. The van der Waals surface area contributed by atoms with Gasteiger partial charge in [0.25, 0.3) is 5.91 Å². The van der Waals surface area contributed by atoms with Gasteiger partial charge in [-0.25, -0.2) is 4.79 Å². The third-order valence-electron chi connectivity index (χ3n) is 3.84. The molecule has 2 rings (SSSR count). The molecule has 0 atom stereocenters. The van der Waals surface area contributed by atoms with E-state index in [9.17, 15) is 14.9 Å². The molecule has 0 saturated heterocycles. The first-order chi connectivity index (χ1) is 12.2. The zero-order valence-electron chi connectivity index (χ0n) is 14.9. The molecule has 0 radical (unpaired) electrons. The smallest absolute Gasteiger partial charge is 0.335 e. The average Bonchev–Trinajstić information content (AvgIpc) is 2.59. The van der Waals surface area contributed by atoms with Crippen LogP contribution in [0.3, 0.4) is 0 Å². The number of carbonyl (C=O) groups is 2. The minimum Gasteiger partial charge on any atom is -0.478 e. The Bertz CT molecular complexity index is 881. The Balaban J connectivity index is 2.16. The van der Waals surface area contributed by atoms with Crippen LogP contribution >= 0.6 is 0 Å². The highest BCUT2D eigenvalue weighted by molar-refractivity contribution is 6.09. The van der Waals surface area contributed by atoms with E-state index in [1.165, 1.54) is 30.3 Å². The Morgan fingerprint density at radius 3 is 2.08 bits per heavy atom. The van der Waals surface area contributed by atoms with E-state index in [2.05, 4.69) is 26.1 Å². The molecule has 1 amide bonds. The average molecular weight is 348 g/mol. The number of nitriles is 1. The molecule has 132 valence electrons. The predicted octanol–water partition coefficient (Wildman–Crippen LogP) is 4.23. The highest BCUT2D eigenvalue weighted by Gasteiger charge is 2.14. The molecule has 0 spiro atoms. The van der Waals surface area contributed by atoms with Crippen molar-refractivity contribution in [3.8, 4) is 6.07 Å². The molecule has 0 saturated carbocycles. The molecule has 2 N–H and O–H groups in total. The van der Waals surface area contributed by atoms with Crippen molar-refractivity contribution in [2.24, 2.45) is 0 Å². The molecular formula is C21H20N2O3. The van der Waals surface area contributed by atoms with Crippen molar-refractivity contribution in [3.05, 3.63) is 70.8 Å². The summed E-state index contributed by atoms with van der Waals surface area (Å²) in [5, 5.41) is 20.8. The van der Waals surface area contributed by atoms with Crippen LogP contribution in [-0.2, 0) is 10.2 Å². The summed E-state index contributed by atoms with van der Waals surface area (Å²) in [5.74, 6) is -1.59. The van der Waals surface area contributed by atoms with E-state index in [4.69, 9.17) is 5.11 Å². The highest BCUT2D eigenvalue weighted by atomic mass is 16.4. The molecule has 0 aliphatic rings. The standard InChI is InChI=1S/C21H20N2O3/c1-21(2,3)17-8-4-14(5-9-17)12-16(13-22)19(24)23-18-10-6-15(7-11-18)20(25)26/h4-12H,1-3H3,(H,23,24)(H,25,26)/b16-12-. The predicted molar refractivity (Wildman–Crippen MR) is 101 cm³/mol. The SMILES string of the molecule is CC(C)(C)c1ccc(/C=C(/C#N)C(=O)Nc2ccc(C(=O)O)cc2)cc1. The van der Waals surface area contributed by atoms with Crippen molar-refractivity contribution in [1.82, 2.24) is 0 Å². The van der Waals surface area contributed by atoms with Gasteiger partial charge in [0, 0.05) is 5.69 Å². The summed E-state index contributed by atoms with van der Waals surface area (Å²) in [5.41, 5.74) is 2.46. The van der Waals surface area contributed by atoms with Gasteiger partial charge in [-0.3, -0.25) is 4.79 Å². The minimum atomic E-state index is -1.04. The molecule has 5 heteroatoms. The number of hydrogen-bond acceptors (Lipinski definition) is 3. The van der Waals surface area contributed by atoms with Crippen LogP contribution < -0.4 is 5.32 Å². The highest BCUT2D eigenvalue weighted by Crippen LogP contribution is 2.23. The lowest BCUT2D eigenvalue weighted by Gasteiger charge is -2.18. The maximum absolute atomic E-state index is 12.3. The quantitative estimate of drug-likeness (QED) is 0.639. The number of hydrogen-bond donors (Lipinski definition) is 2. The number of carboxylic acids is 1. The monoisotopic (exact) mass is 348 g/mol. The van der Waals surface area contributed by atoms with Gasteiger partial charge in [-0.05, 0) is 46.9 Å². The van der Waals surface area contributed by atoms with Gasteiger partial charge in [0.05, 0.1) is 5.56 Å². The number of nitrogens with zero attached hydrogens (tertiary/aromatic N) is 1. The molecule has 5 nitrogen and oxygen atoms in total. The number of aromatic carboxylic acids is 1. The van der Waals surface area contributed by atoms with Crippen molar-refractivity contribution >= 4 is 23.6 Å². The van der Waals surface area contributed by atoms with Gasteiger partial charge >= 0.3 is 5.97 Å². The van der Waals surface area contributed by atoms with Crippen LogP contribution in [0.4, 0.5) is 5.69 Å². The normalized spacial score (nSPS) is 11.5. The second-order valence-corrected chi connectivity index (χ2v) is 6.88. The van der Waals surface area contributed by atoms with Crippen LogP contribution in [0.2, 0.25) is 0 Å². The Kier molecular flexibility index (Phi) is 5.58. The summed E-state index contributed by atoms with van der Waals surface area (Å²) in [6.07, 6.45) is 1.52. The van der Waals surface area contributed by atoms with Crippen LogP contribution in [0.1, 0.15) is 42.3 Å². The van der Waals surface area contributed by atoms with Gasteiger partial charge in [-0.1, -0.05) is 45.0 Å². The van der Waals surface area contributed by atoms with Gasteiger partial charge < -0.3 is 10.4 Å². The van der Waals surface area contributed by atoms with E-state index < -0.39 is 11.9 Å². The maximum atomic E-state index is 12.3. The molecule has 2 aromatic carbocycles. The van der Waals surface area contributed by atoms with Gasteiger partial charge in [0.2, 0.25) is 0 Å². The molecule has 0 aliphatic carbocycles. The molecule has 0 unspecified atom stereocenters. The van der Waals surface area contributed by atoms with Crippen molar-refractivity contribution in [1.29, 1.82) is 5.26 Å². The Labute approximate surface area is 152 Å². The largest absolute Gasteiger partial charge is 0.478 e. The number of rotatable bonds is 4. The molecule has 0 aliphatic heterocycles. The number of amides is 1. The fourth-order valence-electron chi connectivity index (χ4n) is 2.29. The van der Waals surface area contributed by atoms with Gasteiger partial charge in [0.1, 0.15) is 11.6 Å². The molecule has 2 aromatic rings. The van der Waals surface area contributed by atoms with Crippen LogP contribution in [0.15, 0.2) is 54.1 Å². The van der Waals surface area contributed by atoms with E-state index in [1.807, 2.05) is 30.3 Å². The first-order valence-corrected chi connectivity index (χ1v) is 8.08. The summed E-state index contributed by atoms with van der Waals surface area (Å²) in [7, 11) is 0. The number of anilines is 1. The van der Waals surface area contributed by atoms with Gasteiger partial charge in [-0.15, -0.1) is 0 Å². The maximum Gasteiger partial charge on any atom is 0.335 e. The number of carboxylic acid groups (broad SMARTS) is 1. The summed E-state index contributed by atoms with van der Waals surface area (Å²) >= 11 is 0. The summed E-state index contributed by atoms with van der Waals surface area (Å²) in [6, 6.07) is 15.3. The first kappa shape index (κ1) is 18.9. The lowest BCUT2D eigenvalue weighted by atomic mass is 9.86. The molecule has 26 heavy (non-hydrogen) atoms. The van der Waals surface area contributed by atoms with Crippen molar-refractivity contribution in [3.63, 3.8) is 0 Å². The zero-order chi connectivity index (χ0) is 19.3. The molecule has 0 fully saturated rings. The molecular weight excluding hydrogens is 328 g/mol. The van der Waals surface area contributed by atoms with E-state index in [-0.39, 0.29) is 16.6 Å². The number of nitrogens with one attached hydrogen (secondary N) is 1. The molecule has 0 heterocycles. The van der Waals surface area contributed by atoms with Crippen LogP contribution in [-0.4, -0.2) is 17.0 Å². The second kappa shape index (κ2) is 7.66. The van der Waals surface area contributed by atoms with Gasteiger partial charge in [0.15, 0.2) is 0 Å². The topological polar surface area (TPSA) is 90.2 Å². The molecule has 0 bridgehead atoms. The fraction of sp³-hybridized carbons (Fsp3) is 0.190. The summed E-state index contributed by atoms with van der Waals surface area (Å²) in [4.78, 5) is 23.1. The van der Waals surface area contributed by atoms with Crippen LogP contribution in [0.5, 0.6) is 0 Å². The Morgan fingerprint density at radius 2 is 1.62 bits per heavy atom. The van der Waals surface area contributed by atoms with Gasteiger partial charge in [-0.2, -0.15) is 5.26 Å². The van der Waals surface area contributed by atoms with Crippen LogP contribution in [0, 0.1) is 11.3 Å². The lowest BCUT2D eigenvalue weighted by Crippen LogP contribution is -2.13. The first-order valence-electron chi connectivity index (χ1n) is 8.08. The van der Waals surface area contributed by atoms with E-state index in [0.717, 1.165) is 11.1 Å². The minimum absolute atomic E-state index is 0.0276. The second-order valence-electron chi connectivity index (χ2n) is 6.88. The summed E-state index contributed by atoms with van der Waals surface area (Å²) in [6.45, 7) is 6.34. The summed E-state index contributed by atoms with van der Waals surface area (Å²) < 4.78 is 0. The zero-order valence-corrected chi connectivity index (χ0v) is 14.9. The van der Waals surface area contributed by atoms with Crippen molar-refractivity contribution in [2.45, 2.75) is 26.2 Å². The fourth-order valence-corrected chi connectivity index (χ4v) is 2.29.